The van der Waals surface area contributed by atoms with E-state index in [0.717, 1.165) is 12.3 Å². The van der Waals surface area contributed by atoms with E-state index >= 15 is 0 Å². The summed E-state index contributed by atoms with van der Waals surface area (Å²) in [6.07, 6.45) is 1.14. The molecule has 0 radical (unpaired) electrons. The second-order valence-corrected chi connectivity index (χ2v) is 4.70. The lowest BCUT2D eigenvalue weighted by molar-refractivity contribution is 0.0491. The molecule has 7 nitrogen and oxygen atoms in total. The van der Waals surface area contributed by atoms with Gasteiger partial charge in [0, 0.05) is 12.1 Å². The summed E-state index contributed by atoms with van der Waals surface area (Å²) in [5, 5.41) is 19.2. The van der Waals surface area contributed by atoms with E-state index in [1.54, 1.807) is 6.92 Å². The normalized spacial score (nSPS) is 10.8. The Kier molecular flexibility index (Phi) is 3.53. The number of rotatable bonds is 3. The fourth-order valence-electron chi connectivity index (χ4n) is 2.18. The van der Waals surface area contributed by atoms with Gasteiger partial charge >= 0.3 is 5.97 Å². The van der Waals surface area contributed by atoms with E-state index in [4.69, 9.17) is 13.6 Å². The quantitative estimate of drug-likeness (QED) is 0.715. The number of furan rings is 1. The van der Waals surface area contributed by atoms with E-state index in [1.807, 2.05) is 0 Å². The summed E-state index contributed by atoms with van der Waals surface area (Å²) in [4.78, 5) is 24.1. The lowest BCUT2D eigenvalue weighted by atomic mass is 10.1. The van der Waals surface area contributed by atoms with Crippen LogP contribution in [0.4, 0.5) is 0 Å². The van der Waals surface area contributed by atoms with Crippen molar-refractivity contribution in [2.45, 2.75) is 6.92 Å². The summed E-state index contributed by atoms with van der Waals surface area (Å²) in [7, 11) is 0. The van der Waals surface area contributed by atoms with Crippen molar-refractivity contribution in [3.63, 3.8) is 0 Å². The van der Waals surface area contributed by atoms with Gasteiger partial charge in [0.15, 0.2) is 0 Å². The molecule has 0 bridgehead atoms. The van der Waals surface area contributed by atoms with E-state index in [0.29, 0.717) is 0 Å². The van der Waals surface area contributed by atoms with Crippen molar-refractivity contribution in [2.75, 3.05) is 6.61 Å². The molecular formula is C16H12O7. The average molecular weight is 316 g/mol. The third-order valence-electron chi connectivity index (χ3n) is 3.19. The molecule has 2 N–H and O–H groups in total. The second-order valence-electron chi connectivity index (χ2n) is 4.70. The summed E-state index contributed by atoms with van der Waals surface area (Å²) >= 11 is 0. The molecule has 1 aromatic carbocycles. The summed E-state index contributed by atoms with van der Waals surface area (Å²) in [5.74, 6) is -1.22. The Bertz CT molecular complexity index is 949. The van der Waals surface area contributed by atoms with Crippen molar-refractivity contribution >= 4 is 16.9 Å². The molecule has 0 atom stereocenters. The van der Waals surface area contributed by atoms with Gasteiger partial charge in [0.2, 0.25) is 11.2 Å². The fraction of sp³-hybridized carbons (Fsp3) is 0.125. The number of phenols is 2. The first-order valence-corrected chi connectivity index (χ1v) is 6.76. The number of carbonyl (C=O) groups is 1. The van der Waals surface area contributed by atoms with E-state index in [-0.39, 0.29) is 40.4 Å². The number of esters is 1. The minimum Gasteiger partial charge on any atom is -0.508 e. The van der Waals surface area contributed by atoms with E-state index in [9.17, 15) is 19.8 Å². The molecule has 0 fully saturated rings. The first kappa shape index (κ1) is 14.7. The number of aromatic hydroxyl groups is 2. The van der Waals surface area contributed by atoms with Crippen LogP contribution >= 0.6 is 0 Å². The summed E-state index contributed by atoms with van der Waals surface area (Å²) in [5.41, 5.74) is -0.476. The highest BCUT2D eigenvalue weighted by molar-refractivity contribution is 5.89. The zero-order valence-corrected chi connectivity index (χ0v) is 12.0. The third kappa shape index (κ3) is 2.52. The number of hydrogen-bond donors (Lipinski definition) is 2. The Morgan fingerprint density at radius 1 is 1.26 bits per heavy atom. The first-order valence-electron chi connectivity index (χ1n) is 6.76. The van der Waals surface area contributed by atoms with Crippen molar-refractivity contribution < 1.29 is 28.6 Å². The maximum atomic E-state index is 12.5. The van der Waals surface area contributed by atoms with Crippen LogP contribution < -0.4 is 5.43 Å². The Hall–Kier alpha value is -3.22. The SMILES string of the molecule is CCOC(=O)c1ccc(-c2coc3cc(O)cc(O)c3c2=O)o1. The Morgan fingerprint density at radius 3 is 2.78 bits per heavy atom. The van der Waals surface area contributed by atoms with Crippen molar-refractivity contribution in [3.05, 3.63) is 46.5 Å². The van der Waals surface area contributed by atoms with Gasteiger partial charge in [0.05, 0.1) is 6.61 Å². The summed E-state index contributed by atoms with van der Waals surface area (Å²) in [6.45, 7) is 1.86. The lowest BCUT2D eigenvalue weighted by Crippen LogP contribution is -2.05. The molecule has 0 spiro atoms. The third-order valence-corrected chi connectivity index (χ3v) is 3.19. The van der Waals surface area contributed by atoms with Gasteiger partial charge in [-0.25, -0.2) is 4.79 Å². The summed E-state index contributed by atoms with van der Waals surface area (Å²) in [6, 6.07) is 5.07. The van der Waals surface area contributed by atoms with E-state index in [1.165, 1.54) is 18.2 Å². The van der Waals surface area contributed by atoms with Gasteiger partial charge in [-0.15, -0.1) is 0 Å². The zero-order chi connectivity index (χ0) is 16.6. The molecule has 3 rings (SSSR count). The van der Waals surface area contributed by atoms with Crippen LogP contribution in [-0.2, 0) is 4.74 Å². The van der Waals surface area contributed by atoms with Gasteiger partial charge in [0.25, 0.3) is 0 Å². The van der Waals surface area contributed by atoms with Crippen LogP contribution in [0.1, 0.15) is 17.5 Å². The Labute approximate surface area is 129 Å². The van der Waals surface area contributed by atoms with Gasteiger partial charge in [-0.3, -0.25) is 4.79 Å². The number of fused-ring (bicyclic) bond motifs is 1. The summed E-state index contributed by atoms with van der Waals surface area (Å²) < 4.78 is 15.4. The van der Waals surface area contributed by atoms with Crippen LogP contribution in [0.2, 0.25) is 0 Å². The highest BCUT2D eigenvalue weighted by atomic mass is 16.5. The average Bonchev–Trinajstić information content (AvgIpc) is 2.96. The molecule has 0 aliphatic carbocycles. The largest absolute Gasteiger partial charge is 0.508 e. The van der Waals surface area contributed by atoms with Gasteiger partial charge in [-0.1, -0.05) is 0 Å². The standard InChI is InChI=1S/C16H12O7/c1-2-21-16(20)12-4-3-11(23-12)9-7-22-13-6-8(17)5-10(18)14(13)15(9)19/h3-7,17-18H,2H2,1H3. The van der Waals surface area contributed by atoms with E-state index < -0.39 is 17.1 Å². The van der Waals surface area contributed by atoms with Crippen molar-refractivity contribution in [1.29, 1.82) is 0 Å². The molecule has 7 heteroatoms. The molecule has 118 valence electrons. The van der Waals surface area contributed by atoms with Gasteiger partial charge in [-0.2, -0.15) is 0 Å². The van der Waals surface area contributed by atoms with Crippen LogP contribution in [0.15, 0.2) is 44.2 Å². The smallest absolute Gasteiger partial charge is 0.374 e. The predicted molar refractivity (Wildman–Crippen MR) is 79.5 cm³/mol. The molecule has 0 aliphatic rings. The van der Waals surface area contributed by atoms with Gasteiger partial charge in [0.1, 0.15) is 40.1 Å². The van der Waals surface area contributed by atoms with Crippen LogP contribution in [0.3, 0.4) is 0 Å². The van der Waals surface area contributed by atoms with Crippen LogP contribution in [0, 0.1) is 0 Å². The highest BCUT2D eigenvalue weighted by Gasteiger charge is 2.18. The second kappa shape index (κ2) is 5.53. The molecule has 23 heavy (non-hydrogen) atoms. The monoisotopic (exact) mass is 316 g/mol. The molecule has 2 aromatic heterocycles. The topological polar surface area (TPSA) is 110 Å². The van der Waals surface area contributed by atoms with Gasteiger partial charge < -0.3 is 23.8 Å². The molecule has 0 aliphatic heterocycles. The molecule has 0 saturated heterocycles. The highest BCUT2D eigenvalue weighted by Crippen LogP contribution is 2.30. The van der Waals surface area contributed by atoms with Crippen molar-refractivity contribution in [2.24, 2.45) is 0 Å². The first-order chi connectivity index (χ1) is 11.0. The Balaban J connectivity index is 2.13. The minimum absolute atomic E-state index is 0.0356. The number of benzene rings is 1. The fourth-order valence-corrected chi connectivity index (χ4v) is 2.18. The maximum Gasteiger partial charge on any atom is 0.374 e. The molecule has 0 amide bonds. The number of carbonyl (C=O) groups excluding carboxylic acids is 1. The zero-order valence-electron chi connectivity index (χ0n) is 12.0. The molecule has 0 unspecified atom stereocenters. The number of ether oxygens (including phenoxy) is 1. The molecule has 0 saturated carbocycles. The molecular weight excluding hydrogens is 304 g/mol. The van der Waals surface area contributed by atoms with Crippen LogP contribution in [-0.4, -0.2) is 22.8 Å². The predicted octanol–water partition coefficient (Wildman–Crippen LogP) is 2.64. The van der Waals surface area contributed by atoms with Crippen LogP contribution in [0.5, 0.6) is 11.5 Å². The lowest BCUT2D eigenvalue weighted by Gasteiger charge is -2.03. The molecule has 3 aromatic rings. The van der Waals surface area contributed by atoms with E-state index in [2.05, 4.69) is 0 Å². The maximum absolute atomic E-state index is 12.5. The molecule has 2 heterocycles. The van der Waals surface area contributed by atoms with Crippen LogP contribution in [0.25, 0.3) is 22.3 Å². The van der Waals surface area contributed by atoms with Crippen molar-refractivity contribution in [1.82, 2.24) is 0 Å². The minimum atomic E-state index is -0.642. The number of hydrogen-bond acceptors (Lipinski definition) is 7. The number of phenolic OH excluding ortho intramolecular Hbond substituents is 2. The Morgan fingerprint density at radius 2 is 2.04 bits per heavy atom. The van der Waals surface area contributed by atoms with Gasteiger partial charge in [-0.05, 0) is 19.1 Å². The van der Waals surface area contributed by atoms with Crippen molar-refractivity contribution in [3.8, 4) is 22.8 Å².